The van der Waals surface area contributed by atoms with Crippen molar-refractivity contribution in [2.45, 2.75) is 39.2 Å². The Hall–Kier alpha value is -2.82. The van der Waals surface area contributed by atoms with Gasteiger partial charge in [-0.3, -0.25) is 4.79 Å². The zero-order valence-corrected chi connectivity index (χ0v) is 16.0. The predicted molar refractivity (Wildman–Crippen MR) is 105 cm³/mol. The SMILES string of the molecule is CCCCc1ccc(CC(=O)N(C)Cc2ccc(OCC(=O)O)cc2)cc1. The molecular weight excluding hydrogens is 342 g/mol. The van der Waals surface area contributed by atoms with Crippen molar-refractivity contribution in [1.82, 2.24) is 4.90 Å². The molecule has 2 aromatic carbocycles. The monoisotopic (exact) mass is 369 g/mol. The van der Waals surface area contributed by atoms with E-state index in [1.807, 2.05) is 24.3 Å². The Bertz CT molecular complexity index is 738. The molecular formula is C22H27NO4. The zero-order valence-electron chi connectivity index (χ0n) is 16.0. The largest absolute Gasteiger partial charge is 0.482 e. The van der Waals surface area contributed by atoms with Crippen molar-refractivity contribution < 1.29 is 19.4 Å². The fraction of sp³-hybridized carbons (Fsp3) is 0.364. The lowest BCUT2D eigenvalue weighted by Gasteiger charge is -2.18. The molecule has 5 nitrogen and oxygen atoms in total. The lowest BCUT2D eigenvalue weighted by atomic mass is 10.0. The lowest BCUT2D eigenvalue weighted by molar-refractivity contribution is -0.139. The van der Waals surface area contributed by atoms with Gasteiger partial charge in [0.2, 0.25) is 5.91 Å². The van der Waals surface area contributed by atoms with Crippen molar-refractivity contribution in [3.05, 3.63) is 65.2 Å². The molecule has 0 unspecified atom stereocenters. The van der Waals surface area contributed by atoms with E-state index in [4.69, 9.17) is 9.84 Å². The van der Waals surface area contributed by atoms with Gasteiger partial charge < -0.3 is 14.7 Å². The second-order valence-corrected chi connectivity index (χ2v) is 6.67. The summed E-state index contributed by atoms with van der Waals surface area (Å²) < 4.78 is 5.11. The van der Waals surface area contributed by atoms with Gasteiger partial charge in [-0.15, -0.1) is 0 Å². The summed E-state index contributed by atoms with van der Waals surface area (Å²) in [5.74, 6) is -0.455. The first-order valence-electron chi connectivity index (χ1n) is 9.23. The number of amides is 1. The van der Waals surface area contributed by atoms with E-state index in [1.54, 1.807) is 24.1 Å². The minimum atomic E-state index is -1.01. The standard InChI is InChI=1S/C22H27NO4/c1-3-4-5-17-6-8-18(9-7-17)14-21(24)23(2)15-19-10-12-20(13-11-19)27-16-22(25)26/h6-13H,3-5,14-16H2,1-2H3,(H,25,26). The number of carbonyl (C=O) groups excluding carboxylic acids is 1. The summed E-state index contributed by atoms with van der Waals surface area (Å²) in [6, 6.07) is 15.4. The summed E-state index contributed by atoms with van der Waals surface area (Å²) in [5, 5.41) is 8.61. The highest BCUT2D eigenvalue weighted by Gasteiger charge is 2.11. The van der Waals surface area contributed by atoms with Crippen LogP contribution < -0.4 is 4.74 Å². The quantitative estimate of drug-likeness (QED) is 0.693. The molecule has 0 saturated heterocycles. The highest BCUT2D eigenvalue weighted by molar-refractivity contribution is 5.78. The van der Waals surface area contributed by atoms with E-state index in [0.29, 0.717) is 18.7 Å². The zero-order chi connectivity index (χ0) is 19.6. The van der Waals surface area contributed by atoms with Gasteiger partial charge in [0.25, 0.3) is 0 Å². The van der Waals surface area contributed by atoms with Crippen molar-refractivity contribution in [2.24, 2.45) is 0 Å². The maximum atomic E-state index is 12.5. The van der Waals surface area contributed by atoms with E-state index in [2.05, 4.69) is 19.1 Å². The first kappa shape index (κ1) is 20.5. The van der Waals surface area contributed by atoms with Gasteiger partial charge in [0.1, 0.15) is 5.75 Å². The second kappa shape index (κ2) is 10.4. The fourth-order valence-corrected chi connectivity index (χ4v) is 2.71. The molecule has 0 radical (unpaired) electrons. The van der Waals surface area contributed by atoms with E-state index in [9.17, 15) is 9.59 Å². The number of unbranched alkanes of at least 4 members (excludes halogenated alkanes) is 1. The molecule has 0 saturated carbocycles. The minimum absolute atomic E-state index is 0.0579. The molecule has 0 atom stereocenters. The molecule has 0 bridgehead atoms. The Balaban J connectivity index is 1.85. The van der Waals surface area contributed by atoms with Crippen LogP contribution in [0.5, 0.6) is 5.75 Å². The summed E-state index contributed by atoms with van der Waals surface area (Å²) in [6.07, 6.45) is 3.82. The topological polar surface area (TPSA) is 66.8 Å². The van der Waals surface area contributed by atoms with Crippen LogP contribution in [0.3, 0.4) is 0 Å². The molecule has 0 aliphatic heterocycles. The average Bonchev–Trinajstić information content (AvgIpc) is 2.66. The molecule has 0 heterocycles. The van der Waals surface area contributed by atoms with Gasteiger partial charge in [-0.1, -0.05) is 49.7 Å². The van der Waals surface area contributed by atoms with Gasteiger partial charge in [0.15, 0.2) is 6.61 Å². The molecule has 0 aromatic heterocycles. The number of carbonyl (C=O) groups is 2. The Labute approximate surface area is 160 Å². The van der Waals surface area contributed by atoms with Crippen molar-refractivity contribution in [1.29, 1.82) is 0 Å². The maximum absolute atomic E-state index is 12.5. The van der Waals surface area contributed by atoms with Gasteiger partial charge >= 0.3 is 5.97 Å². The van der Waals surface area contributed by atoms with Crippen LogP contribution in [-0.4, -0.2) is 35.5 Å². The number of rotatable bonds is 10. The van der Waals surface area contributed by atoms with Gasteiger partial charge in [-0.05, 0) is 41.7 Å². The first-order chi connectivity index (χ1) is 13.0. The molecule has 1 amide bonds. The number of hydrogen-bond donors (Lipinski definition) is 1. The third-order valence-corrected chi connectivity index (χ3v) is 4.33. The van der Waals surface area contributed by atoms with Gasteiger partial charge in [0, 0.05) is 13.6 Å². The molecule has 0 fully saturated rings. The molecule has 2 aromatic rings. The van der Waals surface area contributed by atoms with E-state index in [0.717, 1.165) is 17.5 Å². The number of likely N-dealkylation sites (N-methyl/N-ethyl adjacent to an activating group) is 1. The third kappa shape index (κ3) is 7.13. The number of ether oxygens (including phenoxy) is 1. The van der Waals surface area contributed by atoms with Crippen LogP contribution in [0, 0.1) is 0 Å². The van der Waals surface area contributed by atoms with E-state index in [1.165, 1.54) is 18.4 Å². The Morgan fingerprint density at radius 1 is 0.963 bits per heavy atom. The molecule has 5 heteroatoms. The summed E-state index contributed by atoms with van der Waals surface area (Å²) in [4.78, 5) is 24.7. The minimum Gasteiger partial charge on any atom is -0.482 e. The molecule has 27 heavy (non-hydrogen) atoms. The molecule has 0 spiro atoms. The number of carboxylic acids is 1. The van der Waals surface area contributed by atoms with Crippen molar-refractivity contribution >= 4 is 11.9 Å². The van der Waals surface area contributed by atoms with E-state index < -0.39 is 5.97 Å². The first-order valence-corrected chi connectivity index (χ1v) is 9.23. The number of aliphatic carboxylic acids is 1. The van der Waals surface area contributed by atoms with Gasteiger partial charge in [-0.25, -0.2) is 4.79 Å². The van der Waals surface area contributed by atoms with Crippen LogP contribution in [0.25, 0.3) is 0 Å². The van der Waals surface area contributed by atoms with Crippen LogP contribution in [0.4, 0.5) is 0 Å². The highest BCUT2D eigenvalue weighted by Crippen LogP contribution is 2.14. The van der Waals surface area contributed by atoms with Crippen molar-refractivity contribution in [2.75, 3.05) is 13.7 Å². The molecule has 1 N–H and O–H groups in total. The summed E-state index contributed by atoms with van der Waals surface area (Å²) >= 11 is 0. The summed E-state index contributed by atoms with van der Waals surface area (Å²) in [7, 11) is 1.78. The lowest BCUT2D eigenvalue weighted by Crippen LogP contribution is -2.27. The normalized spacial score (nSPS) is 10.4. The second-order valence-electron chi connectivity index (χ2n) is 6.67. The third-order valence-electron chi connectivity index (χ3n) is 4.33. The number of aryl methyl sites for hydroxylation is 1. The Morgan fingerprint density at radius 3 is 2.15 bits per heavy atom. The van der Waals surface area contributed by atoms with Crippen molar-refractivity contribution in [3.63, 3.8) is 0 Å². The van der Waals surface area contributed by atoms with Gasteiger partial charge in [-0.2, -0.15) is 0 Å². The molecule has 0 aliphatic rings. The number of hydrogen-bond acceptors (Lipinski definition) is 3. The van der Waals surface area contributed by atoms with Crippen LogP contribution >= 0.6 is 0 Å². The smallest absolute Gasteiger partial charge is 0.341 e. The number of benzene rings is 2. The van der Waals surface area contributed by atoms with Crippen LogP contribution in [0.2, 0.25) is 0 Å². The van der Waals surface area contributed by atoms with Crippen molar-refractivity contribution in [3.8, 4) is 5.75 Å². The predicted octanol–water partition coefficient (Wildman–Crippen LogP) is 3.69. The Morgan fingerprint density at radius 2 is 1.56 bits per heavy atom. The van der Waals surface area contributed by atoms with Crippen LogP contribution in [-0.2, 0) is 29.0 Å². The summed E-state index contributed by atoms with van der Waals surface area (Å²) in [6.45, 7) is 2.31. The van der Waals surface area contributed by atoms with E-state index >= 15 is 0 Å². The van der Waals surface area contributed by atoms with Crippen LogP contribution in [0.15, 0.2) is 48.5 Å². The number of carboxylic acid groups (broad SMARTS) is 1. The average molecular weight is 369 g/mol. The molecule has 2 rings (SSSR count). The maximum Gasteiger partial charge on any atom is 0.341 e. The number of nitrogens with zero attached hydrogens (tertiary/aromatic N) is 1. The summed E-state index contributed by atoms with van der Waals surface area (Å²) in [5.41, 5.74) is 3.29. The van der Waals surface area contributed by atoms with Crippen LogP contribution in [0.1, 0.15) is 36.5 Å². The fourth-order valence-electron chi connectivity index (χ4n) is 2.71. The molecule has 0 aliphatic carbocycles. The Kier molecular flexibility index (Phi) is 7.86. The molecule has 144 valence electrons. The van der Waals surface area contributed by atoms with Gasteiger partial charge in [0.05, 0.1) is 6.42 Å². The van der Waals surface area contributed by atoms with E-state index in [-0.39, 0.29) is 12.5 Å². The highest BCUT2D eigenvalue weighted by atomic mass is 16.5.